The van der Waals surface area contributed by atoms with Crippen molar-refractivity contribution in [1.82, 2.24) is 0 Å². The van der Waals surface area contributed by atoms with Crippen LogP contribution in [0.1, 0.15) is 30.9 Å². The summed E-state index contributed by atoms with van der Waals surface area (Å²) in [6.07, 6.45) is 0.0219. The number of carbonyl (C=O) groups is 1. The van der Waals surface area contributed by atoms with Gasteiger partial charge >= 0.3 is 5.97 Å². The van der Waals surface area contributed by atoms with Gasteiger partial charge in [-0.1, -0.05) is 53.8 Å². The number of rotatable bonds is 8. The summed E-state index contributed by atoms with van der Waals surface area (Å²) in [7, 11) is 0. The monoisotopic (exact) mass is 470 g/mol. The average molecular weight is 470 g/mol. The molecule has 0 spiro atoms. The van der Waals surface area contributed by atoms with Crippen LogP contribution in [0.4, 0.5) is 0 Å². The van der Waals surface area contributed by atoms with Crippen LogP contribution in [0.3, 0.4) is 0 Å². The van der Waals surface area contributed by atoms with Crippen LogP contribution in [-0.2, 0) is 14.9 Å². The van der Waals surface area contributed by atoms with Crippen molar-refractivity contribution < 1.29 is 24.9 Å². The van der Waals surface area contributed by atoms with Gasteiger partial charge in [0.25, 0.3) is 0 Å². The molecule has 0 fully saturated rings. The summed E-state index contributed by atoms with van der Waals surface area (Å²) in [4.78, 5) is 12.1. The number of benzene rings is 2. The van der Waals surface area contributed by atoms with Crippen molar-refractivity contribution in [3.05, 3.63) is 59.7 Å². The molecule has 6 heteroatoms. The molecule has 0 bridgehead atoms. The maximum atomic E-state index is 12.1. The fourth-order valence-electron chi connectivity index (χ4n) is 2.77. The SMILES string of the molecule is CC(CCC(=O)OCC(O)CI)(c1ccc(O)cc1)c1ccc(O)cc1. The number of halogens is 1. The zero-order valence-electron chi connectivity index (χ0n) is 14.6. The Morgan fingerprint density at radius 2 is 1.50 bits per heavy atom. The molecule has 0 aliphatic heterocycles. The second kappa shape index (κ2) is 9.23. The van der Waals surface area contributed by atoms with E-state index >= 15 is 0 Å². The first-order valence-corrected chi connectivity index (χ1v) is 9.86. The van der Waals surface area contributed by atoms with E-state index in [2.05, 4.69) is 0 Å². The lowest BCUT2D eigenvalue weighted by atomic mass is 9.73. The van der Waals surface area contributed by atoms with Crippen LogP contribution in [0.2, 0.25) is 0 Å². The minimum absolute atomic E-state index is 0.00307. The first-order chi connectivity index (χ1) is 12.3. The fraction of sp³-hybridized carbons (Fsp3) is 0.350. The largest absolute Gasteiger partial charge is 0.508 e. The minimum atomic E-state index is -0.653. The predicted molar refractivity (Wildman–Crippen MR) is 108 cm³/mol. The summed E-state index contributed by atoms with van der Waals surface area (Å²) in [6.45, 7) is 2.01. The van der Waals surface area contributed by atoms with Gasteiger partial charge in [0.1, 0.15) is 18.1 Å². The summed E-state index contributed by atoms with van der Waals surface area (Å²) in [5.41, 5.74) is 1.39. The molecule has 26 heavy (non-hydrogen) atoms. The lowest BCUT2D eigenvalue weighted by Gasteiger charge is -2.31. The van der Waals surface area contributed by atoms with Crippen LogP contribution in [0, 0.1) is 0 Å². The molecule has 2 aromatic carbocycles. The van der Waals surface area contributed by atoms with Crippen molar-refractivity contribution >= 4 is 28.6 Å². The third-order valence-electron chi connectivity index (χ3n) is 4.45. The van der Waals surface area contributed by atoms with Gasteiger partial charge in [-0.05, 0) is 41.8 Å². The van der Waals surface area contributed by atoms with Crippen LogP contribution in [0.25, 0.3) is 0 Å². The summed E-state index contributed by atoms with van der Waals surface area (Å²) in [5, 5.41) is 28.6. The number of phenols is 2. The highest BCUT2D eigenvalue weighted by atomic mass is 127. The summed E-state index contributed by atoms with van der Waals surface area (Å²) >= 11 is 2.03. The smallest absolute Gasteiger partial charge is 0.305 e. The summed E-state index contributed by atoms with van der Waals surface area (Å²) in [6, 6.07) is 13.8. The van der Waals surface area contributed by atoms with Crippen molar-refractivity contribution in [2.75, 3.05) is 11.0 Å². The molecule has 1 atom stereocenters. The highest BCUT2D eigenvalue weighted by molar-refractivity contribution is 14.1. The second-order valence-corrected chi connectivity index (χ2v) is 7.30. The van der Waals surface area contributed by atoms with Crippen LogP contribution in [-0.4, -0.2) is 38.4 Å². The quantitative estimate of drug-likeness (QED) is 0.312. The number of hydrogen-bond donors (Lipinski definition) is 3. The Bertz CT molecular complexity index is 666. The van der Waals surface area contributed by atoms with Gasteiger partial charge < -0.3 is 20.1 Å². The third kappa shape index (κ3) is 5.35. The van der Waals surface area contributed by atoms with Crippen LogP contribution < -0.4 is 0 Å². The summed E-state index contributed by atoms with van der Waals surface area (Å²) in [5.74, 6) is -0.0133. The van der Waals surface area contributed by atoms with E-state index in [1.165, 1.54) is 0 Å². The van der Waals surface area contributed by atoms with Crippen LogP contribution in [0.5, 0.6) is 11.5 Å². The third-order valence-corrected chi connectivity index (χ3v) is 5.47. The van der Waals surface area contributed by atoms with Crippen LogP contribution in [0.15, 0.2) is 48.5 Å². The molecule has 0 amide bonds. The predicted octanol–water partition coefficient (Wildman–Crippen LogP) is 3.52. The second-order valence-electron chi connectivity index (χ2n) is 6.42. The van der Waals surface area contributed by atoms with E-state index in [-0.39, 0.29) is 30.5 Å². The molecule has 0 aliphatic rings. The molecule has 0 saturated carbocycles. The van der Waals surface area contributed by atoms with Crippen molar-refractivity contribution in [1.29, 1.82) is 0 Å². The zero-order chi connectivity index (χ0) is 19.2. The van der Waals surface area contributed by atoms with Gasteiger partial charge in [0.2, 0.25) is 0 Å². The van der Waals surface area contributed by atoms with Gasteiger partial charge in [0.15, 0.2) is 0 Å². The number of aliphatic hydroxyl groups is 1. The van der Waals surface area contributed by atoms with E-state index in [0.717, 1.165) is 11.1 Å². The summed E-state index contributed by atoms with van der Waals surface area (Å²) < 4.78 is 5.63. The maximum Gasteiger partial charge on any atom is 0.305 e. The molecule has 3 N–H and O–H groups in total. The number of aromatic hydroxyl groups is 2. The van der Waals surface area contributed by atoms with Crippen molar-refractivity contribution in [2.24, 2.45) is 0 Å². The van der Waals surface area contributed by atoms with Gasteiger partial charge in [-0.3, -0.25) is 4.79 Å². The maximum absolute atomic E-state index is 12.1. The van der Waals surface area contributed by atoms with E-state index in [1.54, 1.807) is 24.3 Å². The first kappa shape index (κ1) is 20.5. The Kier molecular flexibility index (Phi) is 7.28. The number of hydrogen-bond acceptors (Lipinski definition) is 5. The molecule has 2 rings (SSSR count). The number of phenolic OH excluding ortho intramolecular Hbond substituents is 2. The van der Waals surface area contributed by atoms with Gasteiger partial charge in [-0.25, -0.2) is 0 Å². The number of alkyl halides is 1. The Morgan fingerprint density at radius 3 is 1.92 bits per heavy atom. The molecule has 5 nitrogen and oxygen atoms in total. The fourth-order valence-corrected chi connectivity index (χ4v) is 3.03. The van der Waals surface area contributed by atoms with Crippen molar-refractivity contribution in [3.63, 3.8) is 0 Å². The lowest BCUT2D eigenvalue weighted by molar-refractivity contribution is -0.146. The molecule has 0 radical (unpaired) electrons. The van der Waals surface area contributed by atoms with Gasteiger partial charge in [-0.15, -0.1) is 0 Å². The minimum Gasteiger partial charge on any atom is -0.508 e. The average Bonchev–Trinajstić information content (AvgIpc) is 2.65. The molecule has 0 aromatic heterocycles. The normalized spacial score (nSPS) is 12.6. The van der Waals surface area contributed by atoms with Gasteiger partial charge in [-0.2, -0.15) is 0 Å². The first-order valence-electron chi connectivity index (χ1n) is 8.34. The molecular weight excluding hydrogens is 447 g/mol. The van der Waals surface area contributed by atoms with E-state index in [4.69, 9.17) is 4.74 Å². The Morgan fingerprint density at radius 1 is 1.04 bits per heavy atom. The van der Waals surface area contributed by atoms with Crippen molar-refractivity contribution in [3.8, 4) is 11.5 Å². The molecule has 140 valence electrons. The van der Waals surface area contributed by atoms with Gasteiger partial charge in [0.05, 0.1) is 6.10 Å². The number of ether oxygens (including phenoxy) is 1. The Balaban J connectivity index is 2.20. The number of esters is 1. The molecular formula is C20H23IO5. The molecule has 1 unspecified atom stereocenters. The standard InChI is InChI=1S/C20H23IO5/c1-20(14-2-6-16(22)7-3-14,15-4-8-17(23)9-5-15)11-10-19(25)26-13-18(24)12-21/h2-9,18,22-24H,10-13H2,1H3. The molecule has 2 aromatic rings. The van der Waals surface area contributed by atoms with E-state index in [1.807, 2.05) is 53.8 Å². The molecule has 0 heterocycles. The van der Waals surface area contributed by atoms with Crippen LogP contribution >= 0.6 is 22.6 Å². The van der Waals surface area contributed by atoms with E-state index in [9.17, 15) is 20.1 Å². The highest BCUT2D eigenvalue weighted by Crippen LogP contribution is 2.37. The topological polar surface area (TPSA) is 87.0 Å². The lowest BCUT2D eigenvalue weighted by Crippen LogP contribution is -2.26. The van der Waals surface area contributed by atoms with E-state index in [0.29, 0.717) is 10.8 Å². The van der Waals surface area contributed by atoms with Crippen molar-refractivity contribution in [2.45, 2.75) is 31.3 Å². The number of aliphatic hydroxyl groups excluding tert-OH is 1. The highest BCUT2D eigenvalue weighted by Gasteiger charge is 2.30. The number of carbonyl (C=O) groups excluding carboxylic acids is 1. The Hall–Kier alpha value is -1.80. The Labute approximate surface area is 166 Å². The molecule has 0 saturated heterocycles. The zero-order valence-corrected chi connectivity index (χ0v) is 16.7. The molecule has 0 aliphatic carbocycles. The van der Waals surface area contributed by atoms with Gasteiger partial charge in [0, 0.05) is 16.3 Å². The van der Waals surface area contributed by atoms with E-state index < -0.39 is 11.5 Å².